The minimum Gasteiger partial charge on any atom is -0.380 e. The van der Waals surface area contributed by atoms with Crippen LogP contribution >= 0.6 is 0 Å². The molecule has 25 heavy (non-hydrogen) atoms. The van der Waals surface area contributed by atoms with Crippen molar-refractivity contribution < 1.29 is 14.3 Å². The second-order valence-electron chi connectivity index (χ2n) is 8.47. The van der Waals surface area contributed by atoms with E-state index < -0.39 is 0 Å². The fourth-order valence-electron chi connectivity index (χ4n) is 2.26. The summed E-state index contributed by atoms with van der Waals surface area (Å²) < 4.78 is 5.84. The van der Waals surface area contributed by atoms with Gasteiger partial charge in [-0.3, -0.25) is 9.59 Å². The molecule has 0 radical (unpaired) electrons. The van der Waals surface area contributed by atoms with Crippen LogP contribution in [0.25, 0.3) is 0 Å². The molecule has 0 fully saturated rings. The first-order valence-corrected chi connectivity index (χ1v) is 9.73. The number of carbonyl (C=O) groups is 2. The monoisotopic (exact) mass is 356 g/mol. The standard InChI is InChI=1S/C20H40N2O3/c1-7-17(23)21-12-10-9-11-13-22-18(24)14-20(5,6)16-25-15-19(3,4)8-2/h7-16H2,1-6H3,(H,21,23)(H,22,24). The van der Waals surface area contributed by atoms with Crippen molar-refractivity contribution in [1.82, 2.24) is 10.6 Å². The lowest BCUT2D eigenvalue weighted by molar-refractivity contribution is -0.124. The van der Waals surface area contributed by atoms with E-state index in [4.69, 9.17) is 4.74 Å². The molecule has 0 saturated heterocycles. The van der Waals surface area contributed by atoms with Gasteiger partial charge in [-0.05, 0) is 36.5 Å². The Hall–Kier alpha value is -1.10. The van der Waals surface area contributed by atoms with Crippen LogP contribution in [0, 0.1) is 10.8 Å². The number of hydrogen-bond acceptors (Lipinski definition) is 3. The molecule has 5 nitrogen and oxygen atoms in total. The molecule has 2 amide bonds. The largest absolute Gasteiger partial charge is 0.380 e. The normalized spacial score (nSPS) is 12.1. The lowest BCUT2D eigenvalue weighted by Gasteiger charge is -2.28. The summed E-state index contributed by atoms with van der Waals surface area (Å²) in [6.07, 6.45) is 4.99. The van der Waals surface area contributed by atoms with Gasteiger partial charge in [-0.2, -0.15) is 0 Å². The quantitative estimate of drug-likeness (QED) is 0.467. The molecule has 0 rings (SSSR count). The summed E-state index contributed by atoms with van der Waals surface area (Å²) in [5.41, 5.74) is 0.0350. The van der Waals surface area contributed by atoms with Crippen molar-refractivity contribution in [2.45, 2.75) is 80.1 Å². The molecular weight excluding hydrogens is 316 g/mol. The summed E-state index contributed by atoms with van der Waals surface area (Å²) >= 11 is 0. The molecule has 2 N–H and O–H groups in total. The van der Waals surface area contributed by atoms with Crippen LogP contribution in [-0.4, -0.2) is 38.1 Å². The van der Waals surface area contributed by atoms with E-state index in [0.717, 1.165) is 38.8 Å². The van der Waals surface area contributed by atoms with E-state index in [1.165, 1.54) is 0 Å². The molecule has 0 aromatic carbocycles. The first-order chi connectivity index (χ1) is 11.6. The molecule has 0 aromatic rings. The van der Waals surface area contributed by atoms with E-state index in [-0.39, 0.29) is 22.6 Å². The van der Waals surface area contributed by atoms with E-state index in [2.05, 4.69) is 45.3 Å². The van der Waals surface area contributed by atoms with Crippen molar-refractivity contribution >= 4 is 11.8 Å². The predicted octanol–water partition coefficient (Wildman–Crippen LogP) is 3.67. The second-order valence-corrected chi connectivity index (χ2v) is 8.47. The summed E-state index contributed by atoms with van der Waals surface area (Å²) in [6.45, 7) is 15.3. The van der Waals surface area contributed by atoms with Crippen LogP contribution in [0.2, 0.25) is 0 Å². The minimum atomic E-state index is -0.154. The third-order valence-corrected chi connectivity index (χ3v) is 4.40. The third kappa shape index (κ3) is 13.8. The Morgan fingerprint density at radius 1 is 0.800 bits per heavy atom. The minimum absolute atomic E-state index is 0.0858. The first kappa shape index (κ1) is 23.9. The van der Waals surface area contributed by atoms with E-state index in [0.29, 0.717) is 26.0 Å². The average Bonchev–Trinajstić information content (AvgIpc) is 2.52. The Kier molecular flexibility index (Phi) is 11.7. The van der Waals surface area contributed by atoms with Crippen LogP contribution in [0.15, 0.2) is 0 Å². The zero-order chi connectivity index (χ0) is 19.3. The summed E-state index contributed by atoms with van der Waals surface area (Å²) in [7, 11) is 0. The van der Waals surface area contributed by atoms with Gasteiger partial charge in [0.2, 0.25) is 11.8 Å². The topological polar surface area (TPSA) is 67.4 Å². The zero-order valence-corrected chi connectivity index (χ0v) is 17.3. The molecule has 0 aromatic heterocycles. The molecular formula is C20H40N2O3. The molecule has 0 unspecified atom stereocenters. The van der Waals surface area contributed by atoms with Gasteiger partial charge in [-0.1, -0.05) is 41.5 Å². The molecule has 0 heterocycles. The van der Waals surface area contributed by atoms with Crippen LogP contribution in [-0.2, 0) is 14.3 Å². The number of carbonyl (C=O) groups excluding carboxylic acids is 2. The van der Waals surface area contributed by atoms with Gasteiger partial charge < -0.3 is 15.4 Å². The summed E-state index contributed by atoms with van der Waals surface area (Å²) in [4.78, 5) is 23.2. The van der Waals surface area contributed by atoms with Gasteiger partial charge >= 0.3 is 0 Å². The lowest BCUT2D eigenvalue weighted by atomic mass is 9.89. The van der Waals surface area contributed by atoms with Crippen molar-refractivity contribution in [1.29, 1.82) is 0 Å². The van der Waals surface area contributed by atoms with Gasteiger partial charge in [-0.15, -0.1) is 0 Å². The van der Waals surface area contributed by atoms with Gasteiger partial charge in [0.05, 0.1) is 13.2 Å². The summed E-state index contributed by atoms with van der Waals surface area (Å²) in [5.74, 6) is 0.183. The van der Waals surface area contributed by atoms with Crippen molar-refractivity contribution in [3.63, 3.8) is 0 Å². The van der Waals surface area contributed by atoms with E-state index >= 15 is 0 Å². The lowest BCUT2D eigenvalue weighted by Crippen LogP contribution is -2.33. The number of unbranched alkanes of at least 4 members (excludes halogenated alkanes) is 2. The maximum atomic E-state index is 12.1. The number of ether oxygens (including phenoxy) is 1. The highest BCUT2D eigenvalue weighted by molar-refractivity contribution is 5.76. The van der Waals surface area contributed by atoms with Crippen LogP contribution in [0.4, 0.5) is 0 Å². The van der Waals surface area contributed by atoms with Crippen LogP contribution in [0.1, 0.15) is 80.1 Å². The third-order valence-electron chi connectivity index (χ3n) is 4.40. The second kappa shape index (κ2) is 12.3. The first-order valence-electron chi connectivity index (χ1n) is 9.73. The molecule has 0 bridgehead atoms. The fraction of sp³-hybridized carbons (Fsp3) is 0.900. The highest BCUT2D eigenvalue weighted by atomic mass is 16.5. The SMILES string of the molecule is CCC(=O)NCCCCCNC(=O)CC(C)(C)COCC(C)(C)CC. The van der Waals surface area contributed by atoms with Gasteiger partial charge in [0.15, 0.2) is 0 Å². The average molecular weight is 357 g/mol. The van der Waals surface area contributed by atoms with Crippen molar-refractivity contribution in [3.8, 4) is 0 Å². The summed E-state index contributed by atoms with van der Waals surface area (Å²) in [5, 5.41) is 5.84. The van der Waals surface area contributed by atoms with Gasteiger partial charge in [-0.25, -0.2) is 0 Å². The smallest absolute Gasteiger partial charge is 0.220 e. The molecule has 0 aliphatic heterocycles. The van der Waals surface area contributed by atoms with Crippen molar-refractivity contribution in [2.75, 3.05) is 26.3 Å². The fourth-order valence-corrected chi connectivity index (χ4v) is 2.26. The van der Waals surface area contributed by atoms with Gasteiger partial charge in [0.1, 0.15) is 0 Å². The molecule has 0 aliphatic carbocycles. The molecule has 0 spiro atoms. The van der Waals surface area contributed by atoms with Crippen molar-refractivity contribution in [3.05, 3.63) is 0 Å². The van der Waals surface area contributed by atoms with Gasteiger partial charge in [0.25, 0.3) is 0 Å². The number of hydrogen-bond donors (Lipinski definition) is 2. The Morgan fingerprint density at radius 3 is 1.84 bits per heavy atom. The Labute approximate surface area is 154 Å². The Balaban J connectivity index is 3.77. The van der Waals surface area contributed by atoms with E-state index in [1.54, 1.807) is 0 Å². The zero-order valence-electron chi connectivity index (χ0n) is 17.3. The van der Waals surface area contributed by atoms with Crippen LogP contribution in [0.3, 0.4) is 0 Å². The maximum Gasteiger partial charge on any atom is 0.220 e. The maximum absolute atomic E-state index is 12.1. The van der Waals surface area contributed by atoms with Crippen molar-refractivity contribution in [2.24, 2.45) is 10.8 Å². The predicted molar refractivity (Wildman–Crippen MR) is 103 cm³/mol. The Bertz CT molecular complexity index is 392. The highest BCUT2D eigenvalue weighted by Gasteiger charge is 2.24. The van der Waals surface area contributed by atoms with E-state index in [1.807, 2.05) is 6.92 Å². The number of rotatable bonds is 14. The molecule has 0 aliphatic rings. The molecule has 148 valence electrons. The molecule has 5 heteroatoms. The van der Waals surface area contributed by atoms with Gasteiger partial charge in [0, 0.05) is 25.9 Å². The Morgan fingerprint density at radius 2 is 1.32 bits per heavy atom. The summed E-state index contributed by atoms with van der Waals surface area (Å²) in [6, 6.07) is 0. The molecule has 0 atom stereocenters. The number of nitrogens with one attached hydrogen (secondary N) is 2. The van der Waals surface area contributed by atoms with Crippen LogP contribution < -0.4 is 10.6 Å². The highest BCUT2D eigenvalue weighted by Crippen LogP contribution is 2.24. The number of amides is 2. The molecule has 0 saturated carbocycles. The van der Waals surface area contributed by atoms with Crippen LogP contribution in [0.5, 0.6) is 0 Å². The van der Waals surface area contributed by atoms with E-state index in [9.17, 15) is 9.59 Å².